The fraction of sp³-hybridized carbons (Fsp3) is 0.400. The van der Waals surface area contributed by atoms with Crippen LogP contribution in [0.3, 0.4) is 0 Å². The third kappa shape index (κ3) is 2.37. The predicted molar refractivity (Wildman–Crippen MR) is 89.1 cm³/mol. The maximum absolute atomic E-state index is 5.80. The molecule has 4 rings (SSSR count). The first kappa shape index (κ1) is 14.0. The fourth-order valence-electron chi connectivity index (χ4n) is 4.27. The quantitative estimate of drug-likeness (QED) is 0.932. The molecule has 0 aromatic heterocycles. The predicted octanol–water partition coefficient (Wildman–Crippen LogP) is 3.48. The Hall–Kier alpha value is -1.64. The molecule has 1 saturated heterocycles. The molecule has 0 radical (unpaired) electrons. The molecule has 0 saturated carbocycles. The topological polar surface area (TPSA) is 21.3 Å². The van der Waals surface area contributed by atoms with E-state index >= 15 is 0 Å². The lowest BCUT2D eigenvalue weighted by atomic mass is 9.89. The molecule has 22 heavy (non-hydrogen) atoms. The number of ether oxygens (including phenoxy) is 1. The molecule has 2 aromatic rings. The van der Waals surface area contributed by atoms with Crippen molar-refractivity contribution in [3.05, 3.63) is 70.8 Å². The van der Waals surface area contributed by atoms with Crippen LogP contribution in [0.5, 0.6) is 0 Å². The monoisotopic (exact) mass is 293 g/mol. The van der Waals surface area contributed by atoms with E-state index in [4.69, 9.17) is 4.74 Å². The largest absolute Gasteiger partial charge is 0.376 e. The molecule has 3 unspecified atom stereocenters. The van der Waals surface area contributed by atoms with Gasteiger partial charge in [0.1, 0.15) is 0 Å². The minimum Gasteiger partial charge on any atom is -0.376 e. The van der Waals surface area contributed by atoms with Crippen molar-refractivity contribution in [2.24, 2.45) is 5.92 Å². The van der Waals surface area contributed by atoms with E-state index in [1.807, 2.05) is 7.11 Å². The van der Waals surface area contributed by atoms with Crippen molar-refractivity contribution in [3.8, 4) is 0 Å². The van der Waals surface area contributed by atoms with Crippen molar-refractivity contribution in [2.75, 3.05) is 20.2 Å². The Balaban J connectivity index is 1.65. The third-order valence-electron chi connectivity index (χ3n) is 5.34. The maximum atomic E-state index is 5.80. The van der Waals surface area contributed by atoms with Crippen molar-refractivity contribution < 1.29 is 4.74 Å². The summed E-state index contributed by atoms with van der Waals surface area (Å²) in [6.45, 7) is 2.31. The zero-order chi connectivity index (χ0) is 14.9. The number of nitrogens with one attached hydrogen (secondary N) is 1. The van der Waals surface area contributed by atoms with Crippen molar-refractivity contribution in [1.82, 2.24) is 5.32 Å². The molecule has 114 valence electrons. The summed E-state index contributed by atoms with van der Waals surface area (Å²) in [6, 6.07) is 17.4. The summed E-state index contributed by atoms with van der Waals surface area (Å²) in [6.07, 6.45) is 2.35. The molecule has 0 amide bonds. The molecule has 0 bridgehead atoms. The second kappa shape index (κ2) is 5.86. The average molecular weight is 293 g/mol. The smallest absolute Gasteiger partial charge is 0.0861 e. The van der Waals surface area contributed by atoms with Crippen LogP contribution < -0.4 is 5.32 Å². The normalized spacial score (nSPS) is 24.0. The van der Waals surface area contributed by atoms with E-state index in [-0.39, 0.29) is 6.10 Å². The summed E-state index contributed by atoms with van der Waals surface area (Å²) in [7, 11) is 1.82. The summed E-state index contributed by atoms with van der Waals surface area (Å²) in [4.78, 5) is 0. The first-order valence-corrected chi connectivity index (χ1v) is 8.26. The van der Waals surface area contributed by atoms with Crippen LogP contribution in [0, 0.1) is 5.92 Å². The zero-order valence-electron chi connectivity index (χ0n) is 13.1. The Labute approximate surface area is 132 Å². The van der Waals surface area contributed by atoms with Gasteiger partial charge in [0.05, 0.1) is 6.10 Å². The lowest BCUT2D eigenvalue weighted by Gasteiger charge is -2.20. The molecular weight excluding hydrogens is 270 g/mol. The highest BCUT2D eigenvalue weighted by atomic mass is 16.5. The number of methoxy groups -OCH3 is 1. The molecule has 3 atom stereocenters. The van der Waals surface area contributed by atoms with E-state index in [1.165, 1.54) is 24.1 Å². The lowest BCUT2D eigenvalue weighted by molar-refractivity contribution is 0.103. The molecule has 0 spiro atoms. The average Bonchev–Trinajstić information content (AvgIpc) is 3.14. The Kier molecular flexibility index (Phi) is 3.73. The van der Waals surface area contributed by atoms with Crippen LogP contribution in [0.2, 0.25) is 0 Å². The molecule has 2 aliphatic rings. The van der Waals surface area contributed by atoms with Gasteiger partial charge in [0.25, 0.3) is 0 Å². The summed E-state index contributed by atoms with van der Waals surface area (Å²) in [5, 5.41) is 3.56. The van der Waals surface area contributed by atoms with Crippen molar-refractivity contribution >= 4 is 0 Å². The molecule has 1 aliphatic carbocycles. The highest BCUT2D eigenvalue weighted by molar-refractivity contribution is 5.44. The van der Waals surface area contributed by atoms with Crippen LogP contribution in [-0.4, -0.2) is 20.2 Å². The van der Waals surface area contributed by atoms with Crippen LogP contribution in [0.25, 0.3) is 0 Å². The summed E-state index contributed by atoms with van der Waals surface area (Å²) in [5.41, 5.74) is 5.92. The highest BCUT2D eigenvalue weighted by Crippen LogP contribution is 2.42. The van der Waals surface area contributed by atoms with Gasteiger partial charge in [0.15, 0.2) is 0 Å². The Morgan fingerprint density at radius 3 is 2.77 bits per heavy atom. The Bertz CT molecular complexity index is 652. The molecular formula is C20H23NO. The summed E-state index contributed by atoms with van der Waals surface area (Å²) < 4.78 is 5.80. The van der Waals surface area contributed by atoms with Crippen LogP contribution in [0.4, 0.5) is 0 Å². The van der Waals surface area contributed by atoms with Gasteiger partial charge in [-0.2, -0.15) is 0 Å². The van der Waals surface area contributed by atoms with Gasteiger partial charge in [-0.15, -0.1) is 0 Å². The number of hydrogen-bond donors (Lipinski definition) is 1. The highest BCUT2D eigenvalue weighted by Gasteiger charge is 2.37. The van der Waals surface area contributed by atoms with Gasteiger partial charge in [0, 0.05) is 26.0 Å². The fourth-order valence-corrected chi connectivity index (χ4v) is 4.27. The van der Waals surface area contributed by atoms with E-state index in [1.54, 1.807) is 11.1 Å². The SMILES string of the molecule is COC(Cc1cccc2c1C1CNCC1C2)c1ccccc1. The first-order valence-electron chi connectivity index (χ1n) is 8.26. The molecule has 1 aliphatic heterocycles. The van der Waals surface area contributed by atoms with Gasteiger partial charge in [-0.05, 0) is 41.1 Å². The molecule has 1 heterocycles. The second-order valence-corrected chi connectivity index (χ2v) is 6.56. The minimum atomic E-state index is 0.140. The van der Waals surface area contributed by atoms with E-state index in [0.29, 0.717) is 5.92 Å². The number of rotatable bonds is 4. The standard InChI is InChI=1S/C20H23NO/c1-22-19(14-6-3-2-4-7-14)11-16-9-5-8-15-10-17-12-21-13-18(17)20(15)16/h2-9,17-19,21H,10-13H2,1H3. The Morgan fingerprint density at radius 1 is 1.09 bits per heavy atom. The van der Waals surface area contributed by atoms with Gasteiger partial charge in [-0.25, -0.2) is 0 Å². The van der Waals surface area contributed by atoms with Gasteiger partial charge < -0.3 is 10.1 Å². The first-order chi connectivity index (χ1) is 10.9. The number of fused-ring (bicyclic) bond motifs is 3. The summed E-state index contributed by atoms with van der Waals surface area (Å²) >= 11 is 0. The van der Waals surface area contributed by atoms with Crippen molar-refractivity contribution in [1.29, 1.82) is 0 Å². The van der Waals surface area contributed by atoms with E-state index in [2.05, 4.69) is 53.8 Å². The molecule has 2 heteroatoms. The molecule has 1 fully saturated rings. The number of benzene rings is 2. The molecule has 2 nitrogen and oxygen atoms in total. The van der Waals surface area contributed by atoms with E-state index in [9.17, 15) is 0 Å². The van der Waals surface area contributed by atoms with E-state index in [0.717, 1.165) is 18.9 Å². The molecule has 2 aromatic carbocycles. The minimum absolute atomic E-state index is 0.140. The zero-order valence-corrected chi connectivity index (χ0v) is 13.1. The maximum Gasteiger partial charge on any atom is 0.0861 e. The molecule has 1 N–H and O–H groups in total. The lowest BCUT2D eigenvalue weighted by Crippen LogP contribution is -2.12. The van der Waals surface area contributed by atoms with Gasteiger partial charge in [-0.1, -0.05) is 48.5 Å². The second-order valence-electron chi connectivity index (χ2n) is 6.56. The van der Waals surface area contributed by atoms with Crippen LogP contribution >= 0.6 is 0 Å². The number of hydrogen-bond acceptors (Lipinski definition) is 2. The van der Waals surface area contributed by atoms with E-state index < -0.39 is 0 Å². The van der Waals surface area contributed by atoms with Crippen LogP contribution in [-0.2, 0) is 17.6 Å². The summed E-state index contributed by atoms with van der Waals surface area (Å²) in [5.74, 6) is 1.51. The van der Waals surface area contributed by atoms with Gasteiger partial charge in [-0.3, -0.25) is 0 Å². The van der Waals surface area contributed by atoms with Gasteiger partial charge in [0.2, 0.25) is 0 Å². The van der Waals surface area contributed by atoms with Crippen molar-refractivity contribution in [3.63, 3.8) is 0 Å². The van der Waals surface area contributed by atoms with Crippen LogP contribution in [0.1, 0.15) is 34.3 Å². The van der Waals surface area contributed by atoms with Gasteiger partial charge >= 0.3 is 0 Å². The van der Waals surface area contributed by atoms with Crippen molar-refractivity contribution in [2.45, 2.75) is 24.9 Å². The Morgan fingerprint density at radius 2 is 1.95 bits per heavy atom. The third-order valence-corrected chi connectivity index (χ3v) is 5.34. The van der Waals surface area contributed by atoms with Crippen LogP contribution in [0.15, 0.2) is 48.5 Å².